The number of hydrogen-bond donors (Lipinski definition) is 0. The van der Waals surface area contributed by atoms with E-state index in [-0.39, 0.29) is 17.2 Å². The number of halogens is 3. The maximum atomic E-state index is 12.6. The molecule has 0 radical (unpaired) electrons. The quantitative estimate of drug-likeness (QED) is 0.601. The van der Waals surface area contributed by atoms with Crippen LogP contribution in [0.4, 0.5) is 8.78 Å². The highest BCUT2D eigenvalue weighted by Gasteiger charge is 2.40. The van der Waals surface area contributed by atoms with Crippen molar-refractivity contribution in [1.82, 2.24) is 0 Å². The lowest BCUT2D eigenvalue weighted by atomic mass is 10.3. The molecule has 0 saturated heterocycles. The molecule has 0 unspecified atom stereocenters. The van der Waals surface area contributed by atoms with E-state index in [1.807, 2.05) is 0 Å². The number of ether oxygens (including phenoxy) is 2. The van der Waals surface area contributed by atoms with Crippen molar-refractivity contribution in [3.05, 3.63) is 10.3 Å². The number of Topliss-reactive ketones (excluding diaryl/α,β-unsaturated/α-hetero) is 1. The largest absolute Gasteiger partial charge is 0.485 e. The number of hydrogen-bond acceptors (Lipinski definition) is 4. The van der Waals surface area contributed by atoms with Crippen LogP contribution in [0.15, 0.2) is 5.38 Å². The molecule has 82 valence electrons. The van der Waals surface area contributed by atoms with Crippen LogP contribution in [0.5, 0.6) is 11.5 Å². The molecule has 0 saturated carbocycles. The second-order valence-corrected chi connectivity index (χ2v) is 4.14. The third kappa shape index (κ3) is 1.91. The van der Waals surface area contributed by atoms with E-state index in [0.29, 0.717) is 12.4 Å². The van der Waals surface area contributed by atoms with Crippen molar-refractivity contribution in [3.8, 4) is 11.5 Å². The number of carbonyl (C=O) groups excluding carboxylic acids is 1. The summed E-state index contributed by atoms with van der Waals surface area (Å²) in [5.41, 5.74) is 0. The first-order chi connectivity index (χ1) is 7.00. The summed E-state index contributed by atoms with van der Waals surface area (Å²) in [5.74, 6) is -1.08. The Hall–Kier alpha value is -0.880. The van der Waals surface area contributed by atoms with Gasteiger partial charge in [-0.1, -0.05) is 0 Å². The first-order valence-electron chi connectivity index (χ1n) is 3.99. The molecule has 1 aliphatic rings. The smallest absolute Gasteiger partial charge is 0.385 e. The average Bonchev–Trinajstić information content (AvgIpc) is 2.58. The van der Waals surface area contributed by atoms with Gasteiger partial charge in [-0.15, -0.1) is 11.3 Å². The van der Waals surface area contributed by atoms with Gasteiger partial charge in [-0.05, 0) is 11.6 Å². The van der Waals surface area contributed by atoms with E-state index in [0.717, 1.165) is 11.3 Å². The lowest BCUT2D eigenvalue weighted by Gasteiger charge is -2.16. The Morgan fingerprint density at radius 2 is 2.13 bits per heavy atom. The predicted octanol–water partition coefficient (Wildman–Crippen LogP) is 2.53. The zero-order valence-corrected chi connectivity index (χ0v) is 8.83. The number of ketones is 1. The molecule has 2 rings (SSSR count). The summed E-state index contributed by atoms with van der Waals surface area (Å²) >= 11 is 5.48. The maximum absolute atomic E-state index is 12.6. The van der Waals surface area contributed by atoms with Crippen molar-refractivity contribution in [1.29, 1.82) is 0 Å². The normalized spacial score (nSPS) is 15.1. The summed E-state index contributed by atoms with van der Waals surface area (Å²) < 4.78 is 35.3. The monoisotopic (exact) mass is 254 g/mol. The Kier molecular flexibility index (Phi) is 2.56. The number of alkyl halides is 3. The van der Waals surface area contributed by atoms with Crippen LogP contribution in [0.1, 0.15) is 9.67 Å². The molecule has 0 N–H and O–H groups in total. The molecular formula is C8H5ClF2O3S. The third-order valence-electron chi connectivity index (χ3n) is 1.76. The first-order valence-corrected chi connectivity index (χ1v) is 5.24. The first kappa shape index (κ1) is 10.6. The highest BCUT2D eigenvalue weighted by Crippen LogP contribution is 2.42. The second-order valence-electron chi connectivity index (χ2n) is 2.78. The summed E-state index contributed by atoms with van der Waals surface area (Å²) in [4.78, 5) is 11.0. The van der Waals surface area contributed by atoms with Gasteiger partial charge in [0, 0.05) is 5.38 Å². The molecule has 1 aliphatic heterocycles. The van der Waals surface area contributed by atoms with E-state index in [9.17, 15) is 13.6 Å². The van der Waals surface area contributed by atoms with Gasteiger partial charge in [-0.2, -0.15) is 8.78 Å². The maximum Gasteiger partial charge on any atom is 0.385 e. The van der Waals surface area contributed by atoms with Crippen molar-refractivity contribution < 1.29 is 23.0 Å². The van der Waals surface area contributed by atoms with Crippen LogP contribution in [0.3, 0.4) is 0 Å². The van der Waals surface area contributed by atoms with E-state index in [1.165, 1.54) is 5.38 Å². The van der Waals surface area contributed by atoms with Gasteiger partial charge >= 0.3 is 5.38 Å². The van der Waals surface area contributed by atoms with Crippen molar-refractivity contribution in [2.24, 2.45) is 0 Å². The fraction of sp³-hybridized carbons (Fsp3) is 0.375. The molecule has 1 aromatic heterocycles. The van der Waals surface area contributed by atoms with E-state index < -0.39 is 11.2 Å². The topological polar surface area (TPSA) is 35.5 Å². The standard InChI is InChI=1S/C8H5ClF2O3S/c9-8(10,11)7(12)6-5-4(3-15-6)13-1-2-14-5/h3H,1-2H2. The number of fused-ring (bicyclic) bond motifs is 1. The van der Waals surface area contributed by atoms with Gasteiger partial charge in [-0.25, -0.2) is 0 Å². The molecule has 0 amide bonds. The summed E-state index contributed by atoms with van der Waals surface area (Å²) in [5, 5.41) is -2.45. The summed E-state index contributed by atoms with van der Waals surface area (Å²) in [6.07, 6.45) is 0. The Balaban J connectivity index is 2.37. The van der Waals surface area contributed by atoms with Gasteiger partial charge in [0.1, 0.15) is 18.1 Å². The molecule has 0 atom stereocenters. The summed E-state index contributed by atoms with van der Waals surface area (Å²) in [7, 11) is 0. The van der Waals surface area contributed by atoms with Gasteiger partial charge in [0.05, 0.1) is 0 Å². The Morgan fingerprint density at radius 3 is 2.80 bits per heavy atom. The van der Waals surface area contributed by atoms with Crippen LogP contribution in [-0.2, 0) is 0 Å². The lowest BCUT2D eigenvalue weighted by molar-refractivity contribution is 0.0534. The van der Waals surface area contributed by atoms with Crippen molar-refractivity contribution in [3.63, 3.8) is 0 Å². The van der Waals surface area contributed by atoms with Gasteiger partial charge in [0.25, 0.3) is 5.78 Å². The van der Waals surface area contributed by atoms with Crippen LogP contribution in [0.2, 0.25) is 0 Å². The van der Waals surface area contributed by atoms with Crippen molar-refractivity contribution in [2.75, 3.05) is 13.2 Å². The minimum absolute atomic E-state index is 0.0663. The van der Waals surface area contributed by atoms with Crippen LogP contribution in [0.25, 0.3) is 0 Å². The molecule has 7 heteroatoms. The number of carbonyl (C=O) groups is 1. The van der Waals surface area contributed by atoms with Crippen LogP contribution in [-0.4, -0.2) is 24.4 Å². The summed E-state index contributed by atoms with van der Waals surface area (Å²) in [6, 6.07) is 0. The van der Waals surface area contributed by atoms with Crippen molar-refractivity contribution in [2.45, 2.75) is 5.38 Å². The van der Waals surface area contributed by atoms with Gasteiger partial charge in [-0.3, -0.25) is 4.79 Å². The molecule has 0 aromatic carbocycles. The predicted molar refractivity (Wildman–Crippen MR) is 50.4 cm³/mol. The highest BCUT2D eigenvalue weighted by atomic mass is 35.5. The van der Waals surface area contributed by atoms with E-state index in [2.05, 4.69) is 11.6 Å². The molecule has 15 heavy (non-hydrogen) atoms. The average molecular weight is 255 g/mol. The zero-order chi connectivity index (χ0) is 11.1. The van der Waals surface area contributed by atoms with Crippen LogP contribution in [0, 0.1) is 0 Å². The molecule has 0 fully saturated rings. The highest BCUT2D eigenvalue weighted by molar-refractivity contribution is 7.13. The van der Waals surface area contributed by atoms with Crippen molar-refractivity contribution >= 4 is 28.7 Å². The van der Waals surface area contributed by atoms with E-state index in [4.69, 9.17) is 9.47 Å². The molecule has 3 nitrogen and oxygen atoms in total. The third-order valence-corrected chi connectivity index (χ3v) is 2.87. The van der Waals surface area contributed by atoms with E-state index >= 15 is 0 Å². The molecule has 0 aliphatic carbocycles. The van der Waals surface area contributed by atoms with Gasteiger partial charge in [0.2, 0.25) is 0 Å². The summed E-state index contributed by atoms with van der Waals surface area (Å²) in [6.45, 7) is 0.576. The van der Waals surface area contributed by atoms with Crippen LogP contribution >= 0.6 is 22.9 Å². The fourth-order valence-corrected chi connectivity index (χ4v) is 2.20. The Labute approximate surface area is 92.5 Å². The van der Waals surface area contributed by atoms with Gasteiger partial charge < -0.3 is 9.47 Å². The fourth-order valence-electron chi connectivity index (χ4n) is 1.15. The van der Waals surface area contributed by atoms with E-state index in [1.54, 1.807) is 0 Å². The number of rotatable bonds is 2. The molecule has 1 aromatic rings. The molecule has 0 bridgehead atoms. The zero-order valence-electron chi connectivity index (χ0n) is 7.26. The minimum atomic E-state index is -3.90. The second kappa shape index (κ2) is 3.61. The van der Waals surface area contributed by atoms with Gasteiger partial charge in [0.15, 0.2) is 11.5 Å². The molecule has 0 spiro atoms. The molecule has 2 heterocycles. The SMILES string of the molecule is O=C(c1scc2c1OCCO2)C(F)(F)Cl. The Morgan fingerprint density at radius 1 is 1.47 bits per heavy atom. The Bertz CT molecular complexity index is 399. The van der Waals surface area contributed by atoms with Crippen LogP contribution < -0.4 is 9.47 Å². The number of thiophene rings is 1. The lowest BCUT2D eigenvalue weighted by Crippen LogP contribution is -2.22. The minimum Gasteiger partial charge on any atom is -0.485 e. The molecular weight excluding hydrogens is 250 g/mol.